The minimum Gasteiger partial charge on any atom is -0.497 e. The Bertz CT molecular complexity index is 1360. The van der Waals surface area contributed by atoms with Crippen molar-refractivity contribution >= 4 is 16.8 Å². The highest BCUT2D eigenvalue weighted by molar-refractivity contribution is 5.82. The number of amides is 1. The fourth-order valence-corrected chi connectivity index (χ4v) is 3.42. The van der Waals surface area contributed by atoms with E-state index < -0.39 is 17.2 Å². The van der Waals surface area contributed by atoms with Crippen molar-refractivity contribution in [1.29, 1.82) is 0 Å². The number of para-hydroxylation sites is 1. The van der Waals surface area contributed by atoms with Gasteiger partial charge in [-0.25, -0.2) is 9.36 Å². The van der Waals surface area contributed by atoms with Crippen LogP contribution in [0.1, 0.15) is 5.76 Å². The zero-order chi connectivity index (χ0) is 22.7. The Hall–Kier alpha value is -4.27. The molecule has 1 N–H and O–H groups in total. The number of hydrogen-bond donors (Lipinski definition) is 1. The van der Waals surface area contributed by atoms with Gasteiger partial charge in [-0.2, -0.15) is 0 Å². The summed E-state index contributed by atoms with van der Waals surface area (Å²) in [5.74, 6) is 1.02. The molecule has 0 aliphatic carbocycles. The molecule has 1 amide bonds. The van der Waals surface area contributed by atoms with Gasteiger partial charge in [0.1, 0.15) is 23.8 Å². The van der Waals surface area contributed by atoms with Gasteiger partial charge < -0.3 is 19.2 Å². The smallest absolute Gasteiger partial charge is 0.336 e. The number of aromatic nitrogens is 2. The SMILES string of the molecule is COc1cc(OC)cc(-n2c(=O)c3ccccc3n(CC(=O)NCc3ccco3)c2=O)c1. The number of methoxy groups -OCH3 is 2. The number of nitrogens with one attached hydrogen (secondary N) is 1. The van der Waals surface area contributed by atoms with E-state index in [1.54, 1.807) is 54.6 Å². The van der Waals surface area contributed by atoms with Gasteiger partial charge in [-0.05, 0) is 24.3 Å². The molecule has 4 rings (SSSR count). The van der Waals surface area contributed by atoms with E-state index in [0.717, 1.165) is 4.57 Å². The molecular formula is C23H21N3O6. The van der Waals surface area contributed by atoms with Crippen molar-refractivity contribution in [1.82, 2.24) is 14.5 Å². The van der Waals surface area contributed by atoms with E-state index in [0.29, 0.717) is 28.2 Å². The number of nitrogens with zero attached hydrogens (tertiary/aromatic N) is 2. The van der Waals surface area contributed by atoms with Crippen LogP contribution in [0.15, 0.2) is 74.9 Å². The topological polar surface area (TPSA) is 105 Å². The highest BCUT2D eigenvalue weighted by atomic mass is 16.5. The van der Waals surface area contributed by atoms with Gasteiger partial charge in [0.25, 0.3) is 5.56 Å². The average molecular weight is 435 g/mol. The van der Waals surface area contributed by atoms with Crippen LogP contribution < -0.4 is 26.0 Å². The molecule has 0 radical (unpaired) electrons. The predicted octanol–water partition coefficient (Wildman–Crippen LogP) is 2.08. The van der Waals surface area contributed by atoms with E-state index >= 15 is 0 Å². The summed E-state index contributed by atoms with van der Waals surface area (Å²) < 4.78 is 18.0. The van der Waals surface area contributed by atoms with E-state index in [2.05, 4.69) is 5.32 Å². The first-order chi connectivity index (χ1) is 15.5. The maximum absolute atomic E-state index is 13.4. The maximum atomic E-state index is 13.4. The lowest BCUT2D eigenvalue weighted by molar-refractivity contribution is -0.121. The van der Waals surface area contributed by atoms with Crippen molar-refractivity contribution in [3.8, 4) is 17.2 Å². The second kappa shape index (κ2) is 8.84. The summed E-state index contributed by atoms with van der Waals surface area (Å²) in [5, 5.41) is 3.01. The average Bonchev–Trinajstić information content (AvgIpc) is 3.34. The Balaban J connectivity index is 1.82. The molecule has 0 unspecified atom stereocenters. The molecule has 4 aromatic rings. The second-order valence-corrected chi connectivity index (χ2v) is 6.95. The number of carbonyl (C=O) groups is 1. The summed E-state index contributed by atoms with van der Waals surface area (Å²) in [5.41, 5.74) is -0.529. The number of furan rings is 1. The molecular weight excluding hydrogens is 414 g/mol. The van der Waals surface area contributed by atoms with Gasteiger partial charge in [-0.3, -0.25) is 14.2 Å². The highest BCUT2D eigenvalue weighted by Crippen LogP contribution is 2.24. The first-order valence-electron chi connectivity index (χ1n) is 9.79. The molecule has 2 aromatic heterocycles. The molecule has 0 aliphatic heterocycles. The lowest BCUT2D eigenvalue weighted by Gasteiger charge is -2.15. The molecule has 0 bridgehead atoms. The van der Waals surface area contributed by atoms with E-state index in [1.807, 2.05) is 0 Å². The zero-order valence-electron chi connectivity index (χ0n) is 17.5. The Morgan fingerprint density at radius 2 is 1.72 bits per heavy atom. The van der Waals surface area contributed by atoms with Crippen LogP contribution in [0.5, 0.6) is 11.5 Å². The lowest BCUT2D eigenvalue weighted by atomic mass is 10.2. The summed E-state index contributed by atoms with van der Waals surface area (Å²) in [7, 11) is 2.95. The van der Waals surface area contributed by atoms with Crippen molar-refractivity contribution in [3.05, 3.63) is 87.5 Å². The summed E-state index contributed by atoms with van der Waals surface area (Å²) in [6.07, 6.45) is 1.51. The quantitative estimate of drug-likeness (QED) is 0.477. The normalized spacial score (nSPS) is 10.8. The maximum Gasteiger partial charge on any atom is 0.336 e. The molecule has 164 valence electrons. The van der Waals surface area contributed by atoms with Gasteiger partial charge in [-0.1, -0.05) is 12.1 Å². The van der Waals surface area contributed by atoms with E-state index in [1.165, 1.54) is 25.0 Å². The number of ether oxygens (including phenoxy) is 2. The standard InChI is InChI=1S/C23H21N3O6/c1-30-17-10-15(11-18(12-17)31-2)26-22(28)19-7-3-4-8-20(19)25(23(26)29)14-21(27)24-13-16-6-5-9-32-16/h3-12H,13-14H2,1-2H3,(H,24,27). The van der Waals surface area contributed by atoms with E-state index in [4.69, 9.17) is 13.9 Å². The Morgan fingerprint density at radius 3 is 2.38 bits per heavy atom. The van der Waals surface area contributed by atoms with Crippen LogP contribution >= 0.6 is 0 Å². The third-order valence-electron chi connectivity index (χ3n) is 4.99. The van der Waals surface area contributed by atoms with E-state index in [-0.39, 0.29) is 18.8 Å². The third-order valence-corrected chi connectivity index (χ3v) is 4.99. The fraction of sp³-hybridized carbons (Fsp3) is 0.174. The Kier molecular flexibility index (Phi) is 5.80. The molecule has 0 fully saturated rings. The van der Waals surface area contributed by atoms with Gasteiger partial charge in [0, 0.05) is 18.2 Å². The summed E-state index contributed by atoms with van der Waals surface area (Å²) in [6, 6.07) is 14.9. The second-order valence-electron chi connectivity index (χ2n) is 6.95. The summed E-state index contributed by atoms with van der Waals surface area (Å²) >= 11 is 0. The van der Waals surface area contributed by atoms with Crippen molar-refractivity contribution in [2.24, 2.45) is 0 Å². The van der Waals surface area contributed by atoms with E-state index in [9.17, 15) is 14.4 Å². The van der Waals surface area contributed by atoms with Crippen LogP contribution in [0.4, 0.5) is 0 Å². The molecule has 0 atom stereocenters. The van der Waals surface area contributed by atoms with Crippen molar-refractivity contribution < 1.29 is 18.7 Å². The Labute approximate surface area is 182 Å². The third kappa shape index (κ3) is 4.00. The van der Waals surface area contributed by atoms with Crippen LogP contribution in [0.2, 0.25) is 0 Å². The van der Waals surface area contributed by atoms with Crippen LogP contribution in [0, 0.1) is 0 Å². The molecule has 9 nitrogen and oxygen atoms in total. The Morgan fingerprint density at radius 1 is 1.00 bits per heavy atom. The van der Waals surface area contributed by atoms with Gasteiger partial charge in [0.05, 0.1) is 43.6 Å². The van der Waals surface area contributed by atoms with Crippen LogP contribution in [-0.2, 0) is 17.9 Å². The van der Waals surface area contributed by atoms with Gasteiger partial charge in [0.2, 0.25) is 5.91 Å². The molecule has 9 heteroatoms. The van der Waals surface area contributed by atoms with Crippen molar-refractivity contribution in [3.63, 3.8) is 0 Å². The first kappa shape index (κ1) is 21.0. The highest BCUT2D eigenvalue weighted by Gasteiger charge is 2.17. The number of carbonyl (C=O) groups excluding carboxylic acids is 1. The van der Waals surface area contributed by atoms with Crippen molar-refractivity contribution in [2.75, 3.05) is 14.2 Å². The summed E-state index contributed by atoms with van der Waals surface area (Å²) in [6.45, 7) is -0.0906. The van der Waals surface area contributed by atoms with Gasteiger partial charge in [0.15, 0.2) is 0 Å². The summed E-state index contributed by atoms with van der Waals surface area (Å²) in [4.78, 5) is 39.2. The van der Waals surface area contributed by atoms with Crippen LogP contribution in [0.25, 0.3) is 16.6 Å². The molecule has 0 saturated heterocycles. The van der Waals surface area contributed by atoms with Crippen LogP contribution in [0.3, 0.4) is 0 Å². The monoisotopic (exact) mass is 435 g/mol. The number of hydrogen-bond acceptors (Lipinski definition) is 6. The molecule has 32 heavy (non-hydrogen) atoms. The largest absolute Gasteiger partial charge is 0.497 e. The van der Waals surface area contributed by atoms with Crippen LogP contribution in [-0.4, -0.2) is 29.3 Å². The first-order valence-corrected chi connectivity index (χ1v) is 9.79. The lowest BCUT2D eigenvalue weighted by Crippen LogP contribution is -2.41. The zero-order valence-corrected chi connectivity index (χ0v) is 17.5. The van der Waals surface area contributed by atoms with Gasteiger partial charge in [-0.15, -0.1) is 0 Å². The predicted molar refractivity (Wildman–Crippen MR) is 117 cm³/mol. The van der Waals surface area contributed by atoms with Gasteiger partial charge >= 0.3 is 5.69 Å². The number of benzene rings is 2. The molecule has 0 spiro atoms. The minimum absolute atomic E-state index is 0.186. The molecule has 0 aliphatic rings. The minimum atomic E-state index is -0.655. The molecule has 2 aromatic carbocycles. The van der Waals surface area contributed by atoms with Crippen molar-refractivity contribution in [2.45, 2.75) is 13.1 Å². The molecule has 0 saturated carbocycles. The molecule has 2 heterocycles. The number of fused-ring (bicyclic) bond motifs is 1. The fourth-order valence-electron chi connectivity index (χ4n) is 3.42. The number of rotatable bonds is 7.